The van der Waals surface area contributed by atoms with Crippen LogP contribution in [0.25, 0.3) is 22.3 Å². The molecule has 0 spiro atoms. The van der Waals surface area contributed by atoms with Gasteiger partial charge in [-0.2, -0.15) is 5.10 Å². The lowest BCUT2D eigenvalue weighted by Crippen LogP contribution is -2.40. The number of ether oxygens (including phenoxy) is 1. The van der Waals surface area contributed by atoms with Gasteiger partial charge in [0.15, 0.2) is 5.65 Å². The molecule has 2 heterocycles. The molecule has 0 saturated heterocycles. The monoisotopic (exact) mass is 598 g/mol. The predicted molar refractivity (Wildman–Crippen MR) is 161 cm³/mol. The molecule has 5 rings (SSSR count). The van der Waals surface area contributed by atoms with E-state index in [4.69, 9.17) is 15.6 Å². The molecule has 0 atom stereocenters. The Hall–Kier alpha value is -5.59. The van der Waals surface area contributed by atoms with Crippen molar-refractivity contribution in [3.63, 3.8) is 0 Å². The number of carbonyl (C=O) groups is 3. The lowest BCUT2D eigenvalue weighted by atomic mass is 9.90. The summed E-state index contributed by atoms with van der Waals surface area (Å²) in [6.07, 6.45) is 6.78. The minimum atomic E-state index is -0.633. The zero-order chi connectivity index (χ0) is 31.2. The number of nitrogen functional groups attached to an aromatic ring is 1. The Morgan fingerprint density at radius 3 is 2.52 bits per heavy atom. The van der Waals surface area contributed by atoms with E-state index >= 15 is 0 Å². The zero-order valence-corrected chi connectivity index (χ0v) is 24.0. The van der Waals surface area contributed by atoms with Crippen molar-refractivity contribution in [3.8, 4) is 17.0 Å². The van der Waals surface area contributed by atoms with Crippen LogP contribution in [-0.2, 0) is 16.1 Å². The van der Waals surface area contributed by atoms with Gasteiger partial charge in [-0.05, 0) is 55.5 Å². The highest BCUT2D eigenvalue weighted by Gasteiger charge is 2.25. The SMILES string of the molecule is C=CC(=O)NNC(=O)C=C1CCC(n2nc(-c3ccc(CNC(=O)c4cc(OC)ccc4F)cc3)c3c(N)ncnc32)CC1. The molecule has 226 valence electrons. The molecule has 0 aliphatic heterocycles. The highest BCUT2D eigenvalue weighted by atomic mass is 19.1. The maximum atomic E-state index is 14.2. The fraction of sp³-hybridized carbons (Fsp3) is 0.226. The number of fused-ring (bicyclic) bond motifs is 1. The van der Waals surface area contributed by atoms with Gasteiger partial charge in [0, 0.05) is 18.2 Å². The first-order valence-corrected chi connectivity index (χ1v) is 13.9. The molecule has 2 aromatic heterocycles. The van der Waals surface area contributed by atoms with E-state index in [0.717, 1.165) is 35.6 Å². The van der Waals surface area contributed by atoms with Gasteiger partial charge in [-0.1, -0.05) is 36.4 Å². The van der Waals surface area contributed by atoms with E-state index in [1.54, 1.807) is 0 Å². The number of halogens is 1. The van der Waals surface area contributed by atoms with E-state index in [0.29, 0.717) is 41.1 Å². The second-order valence-corrected chi connectivity index (χ2v) is 10.2. The largest absolute Gasteiger partial charge is 0.497 e. The van der Waals surface area contributed by atoms with E-state index in [2.05, 4.69) is 32.7 Å². The van der Waals surface area contributed by atoms with Gasteiger partial charge < -0.3 is 15.8 Å². The Balaban J connectivity index is 1.29. The molecule has 13 heteroatoms. The molecule has 0 bridgehead atoms. The van der Waals surface area contributed by atoms with Crippen molar-refractivity contribution in [2.24, 2.45) is 0 Å². The lowest BCUT2D eigenvalue weighted by Gasteiger charge is -2.24. The maximum absolute atomic E-state index is 14.2. The van der Waals surface area contributed by atoms with Gasteiger partial charge in [0.25, 0.3) is 17.7 Å². The number of carbonyl (C=O) groups excluding carboxylic acids is 3. The van der Waals surface area contributed by atoms with Crippen LogP contribution in [0.4, 0.5) is 10.2 Å². The second kappa shape index (κ2) is 13.2. The summed E-state index contributed by atoms with van der Waals surface area (Å²) >= 11 is 0. The van der Waals surface area contributed by atoms with Crippen LogP contribution in [-0.4, -0.2) is 44.6 Å². The molecule has 1 aliphatic rings. The molecule has 2 aromatic carbocycles. The third-order valence-corrected chi connectivity index (χ3v) is 7.39. The lowest BCUT2D eigenvalue weighted by molar-refractivity contribution is -0.123. The van der Waals surface area contributed by atoms with Gasteiger partial charge in [-0.3, -0.25) is 25.2 Å². The quantitative estimate of drug-likeness (QED) is 0.177. The van der Waals surface area contributed by atoms with E-state index < -0.39 is 23.5 Å². The summed E-state index contributed by atoms with van der Waals surface area (Å²) in [5.41, 5.74) is 14.6. The number of nitrogens with one attached hydrogen (secondary N) is 3. The number of hydrazine groups is 1. The number of hydrogen-bond acceptors (Lipinski definition) is 8. The number of methoxy groups -OCH3 is 1. The topological polar surface area (TPSA) is 166 Å². The molecule has 1 fully saturated rings. The Bertz CT molecular complexity index is 1760. The molecule has 5 N–H and O–H groups in total. The zero-order valence-electron chi connectivity index (χ0n) is 24.0. The molecular weight excluding hydrogens is 567 g/mol. The van der Waals surface area contributed by atoms with E-state index in [9.17, 15) is 18.8 Å². The first-order valence-electron chi connectivity index (χ1n) is 13.9. The minimum Gasteiger partial charge on any atom is -0.497 e. The molecule has 0 unspecified atom stereocenters. The highest BCUT2D eigenvalue weighted by molar-refractivity contribution is 5.98. The van der Waals surface area contributed by atoms with Crippen LogP contribution in [0.15, 0.2) is 73.1 Å². The first kappa shape index (κ1) is 29.9. The van der Waals surface area contributed by atoms with Crippen molar-refractivity contribution < 1.29 is 23.5 Å². The van der Waals surface area contributed by atoms with Gasteiger partial charge in [-0.25, -0.2) is 19.0 Å². The van der Waals surface area contributed by atoms with Gasteiger partial charge in [-0.15, -0.1) is 0 Å². The number of nitrogens with zero attached hydrogens (tertiary/aromatic N) is 4. The fourth-order valence-electron chi connectivity index (χ4n) is 5.07. The summed E-state index contributed by atoms with van der Waals surface area (Å²) in [5.74, 6) is -1.39. The Morgan fingerprint density at radius 1 is 1.09 bits per heavy atom. The highest BCUT2D eigenvalue weighted by Crippen LogP contribution is 2.37. The number of amides is 3. The first-order chi connectivity index (χ1) is 21.3. The number of nitrogens with two attached hydrogens (primary N) is 1. The molecule has 3 amide bonds. The van der Waals surface area contributed by atoms with Crippen molar-refractivity contribution in [3.05, 3.63) is 90.0 Å². The Labute approximate surface area is 252 Å². The van der Waals surface area contributed by atoms with Crippen LogP contribution in [0.5, 0.6) is 5.75 Å². The van der Waals surface area contributed by atoms with Crippen LogP contribution in [0, 0.1) is 5.82 Å². The number of aromatic nitrogens is 4. The second-order valence-electron chi connectivity index (χ2n) is 10.2. The Kier molecular flexibility index (Phi) is 8.93. The minimum absolute atomic E-state index is 0.0210. The van der Waals surface area contributed by atoms with Crippen LogP contribution in [0.3, 0.4) is 0 Å². The number of rotatable bonds is 8. The summed E-state index contributed by atoms with van der Waals surface area (Å²) in [6.45, 7) is 3.53. The van der Waals surface area contributed by atoms with Crippen molar-refractivity contribution in [1.82, 2.24) is 35.9 Å². The summed E-state index contributed by atoms with van der Waals surface area (Å²) in [7, 11) is 1.45. The summed E-state index contributed by atoms with van der Waals surface area (Å²) in [4.78, 5) is 44.7. The van der Waals surface area contributed by atoms with Gasteiger partial charge >= 0.3 is 0 Å². The maximum Gasteiger partial charge on any atom is 0.262 e. The predicted octanol–water partition coefficient (Wildman–Crippen LogP) is 3.53. The average molecular weight is 599 g/mol. The number of anilines is 1. The van der Waals surface area contributed by atoms with Gasteiger partial charge in [0.1, 0.15) is 29.4 Å². The smallest absolute Gasteiger partial charge is 0.262 e. The number of benzene rings is 2. The van der Waals surface area contributed by atoms with Crippen molar-refractivity contribution in [2.45, 2.75) is 38.3 Å². The fourth-order valence-corrected chi connectivity index (χ4v) is 5.07. The molecule has 0 radical (unpaired) electrons. The molecule has 12 nitrogen and oxygen atoms in total. The van der Waals surface area contributed by atoms with Crippen molar-refractivity contribution in [2.75, 3.05) is 12.8 Å². The van der Waals surface area contributed by atoms with Crippen LogP contribution < -0.4 is 26.6 Å². The van der Waals surface area contributed by atoms with Crippen molar-refractivity contribution >= 4 is 34.6 Å². The average Bonchev–Trinajstić information content (AvgIpc) is 3.44. The summed E-state index contributed by atoms with van der Waals surface area (Å²) in [6, 6.07) is 11.5. The van der Waals surface area contributed by atoms with Crippen LogP contribution >= 0.6 is 0 Å². The summed E-state index contributed by atoms with van der Waals surface area (Å²) in [5, 5.41) is 8.29. The standard InChI is InChI=1S/C31H31FN8O4/c1-3-25(41)37-38-26(42)14-18-6-10-21(11-7-18)40-30-27(29(33)35-17-36-30)28(39-40)20-8-4-19(5-9-20)16-34-31(43)23-15-22(44-2)12-13-24(23)32/h3-5,8-9,12-15,17,21H,1,6-7,10-11,16H2,2H3,(H,34,43)(H,37,41)(H,38,42)(H2,33,35,36). The Morgan fingerprint density at radius 2 is 1.82 bits per heavy atom. The third kappa shape index (κ3) is 6.56. The molecule has 4 aromatic rings. The number of hydrogen-bond donors (Lipinski definition) is 4. The van der Waals surface area contributed by atoms with E-state index in [1.165, 1.54) is 37.7 Å². The van der Waals surface area contributed by atoms with Crippen LogP contribution in [0.1, 0.15) is 47.6 Å². The third-order valence-electron chi connectivity index (χ3n) is 7.39. The van der Waals surface area contributed by atoms with Gasteiger partial charge in [0.2, 0.25) is 0 Å². The van der Waals surface area contributed by atoms with E-state index in [1.807, 2.05) is 28.9 Å². The number of allylic oxidation sites excluding steroid dienone is 1. The molecule has 44 heavy (non-hydrogen) atoms. The molecule has 1 saturated carbocycles. The van der Waals surface area contributed by atoms with Crippen LogP contribution in [0.2, 0.25) is 0 Å². The normalized spacial score (nSPS) is 14.5. The molecule has 1 aliphatic carbocycles. The molecular formula is C31H31FN8O4. The van der Waals surface area contributed by atoms with Crippen molar-refractivity contribution in [1.29, 1.82) is 0 Å². The van der Waals surface area contributed by atoms with Gasteiger partial charge in [0.05, 0.1) is 24.1 Å². The summed E-state index contributed by atoms with van der Waals surface area (Å²) < 4.78 is 21.1. The van der Waals surface area contributed by atoms with E-state index in [-0.39, 0.29) is 18.2 Å².